The standard InChI is InChI=1S/C38H70O4/c1-2-3-4-5-6-7-8-9-10-11-12-13-14-15-16-17-18-19-20-21-22-23-24-25-26-27-28-29-30-31-32-33-34-38(41)42-37(35-39)36-40/h27-32,37,39-40H,2-26,33-36H2,1H3. The average Bonchev–Trinajstić information content (AvgIpc) is 3.00. The third kappa shape index (κ3) is 33.1. The zero-order valence-corrected chi connectivity index (χ0v) is 27.8. The minimum absolute atomic E-state index is 0.246. The Morgan fingerprint density at radius 2 is 0.833 bits per heavy atom. The van der Waals surface area contributed by atoms with Crippen LogP contribution in [0.5, 0.6) is 0 Å². The molecule has 0 aromatic carbocycles. The maximum atomic E-state index is 11.5. The zero-order valence-electron chi connectivity index (χ0n) is 27.8. The monoisotopic (exact) mass is 591 g/mol. The molecule has 4 heteroatoms. The Morgan fingerprint density at radius 1 is 0.500 bits per heavy atom. The van der Waals surface area contributed by atoms with Crippen molar-refractivity contribution in [2.24, 2.45) is 0 Å². The lowest BCUT2D eigenvalue weighted by atomic mass is 10.0. The number of carbonyl (C=O) groups is 1. The molecule has 0 unspecified atom stereocenters. The van der Waals surface area contributed by atoms with Crippen molar-refractivity contribution in [3.8, 4) is 0 Å². The molecule has 0 bridgehead atoms. The van der Waals surface area contributed by atoms with Crippen LogP contribution in [-0.2, 0) is 9.53 Å². The number of esters is 1. The fourth-order valence-electron chi connectivity index (χ4n) is 5.28. The molecule has 0 saturated carbocycles. The van der Waals surface area contributed by atoms with Crippen LogP contribution in [0.15, 0.2) is 36.5 Å². The minimum Gasteiger partial charge on any atom is -0.457 e. The maximum absolute atomic E-state index is 11.5. The Hall–Kier alpha value is -1.39. The van der Waals surface area contributed by atoms with Gasteiger partial charge in [0.25, 0.3) is 0 Å². The van der Waals surface area contributed by atoms with E-state index in [0.717, 1.165) is 6.42 Å². The van der Waals surface area contributed by atoms with Crippen LogP contribution in [0.3, 0.4) is 0 Å². The first kappa shape index (κ1) is 40.6. The van der Waals surface area contributed by atoms with E-state index in [4.69, 9.17) is 14.9 Å². The highest BCUT2D eigenvalue weighted by Gasteiger charge is 2.11. The Morgan fingerprint density at radius 3 is 1.19 bits per heavy atom. The van der Waals surface area contributed by atoms with Gasteiger partial charge in [-0.15, -0.1) is 0 Å². The van der Waals surface area contributed by atoms with Crippen molar-refractivity contribution in [1.29, 1.82) is 0 Å². The zero-order chi connectivity index (χ0) is 30.6. The predicted octanol–water partition coefficient (Wildman–Crippen LogP) is 11.1. The molecule has 0 aliphatic heterocycles. The Labute approximate surface area is 261 Å². The molecular weight excluding hydrogens is 520 g/mol. The fourth-order valence-corrected chi connectivity index (χ4v) is 5.28. The van der Waals surface area contributed by atoms with Crippen LogP contribution in [0.1, 0.15) is 180 Å². The molecule has 0 aliphatic rings. The summed E-state index contributed by atoms with van der Waals surface area (Å²) in [5.41, 5.74) is 0. The first-order chi connectivity index (χ1) is 20.7. The van der Waals surface area contributed by atoms with Gasteiger partial charge in [0.1, 0.15) is 6.10 Å². The van der Waals surface area contributed by atoms with Gasteiger partial charge in [-0.3, -0.25) is 4.79 Å². The highest BCUT2D eigenvalue weighted by atomic mass is 16.6. The Balaban J connectivity index is 3.26. The molecule has 0 heterocycles. The lowest BCUT2D eigenvalue weighted by Crippen LogP contribution is -2.25. The van der Waals surface area contributed by atoms with Gasteiger partial charge < -0.3 is 14.9 Å². The molecule has 0 aromatic rings. The van der Waals surface area contributed by atoms with E-state index in [-0.39, 0.29) is 19.6 Å². The summed E-state index contributed by atoms with van der Waals surface area (Å²) in [6, 6.07) is 0. The summed E-state index contributed by atoms with van der Waals surface area (Å²) < 4.78 is 4.91. The molecule has 246 valence electrons. The quantitative estimate of drug-likeness (QED) is 0.0453. The van der Waals surface area contributed by atoms with Crippen molar-refractivity contribution in [2.45, 2.75) is 186 Å². The van der Waals surface area contributed by atoms with Crippen molar-refractivity contribution < 1.29 is 19.7 Å². The largest absolute Gasteiger partial charge is 0.457 e. The van der Waals surface area contributed by atoms with Crippen molar-refractivity contribution in [1.82, 2.24) is 0 Å². The van der Waals surface area contributed by atoms with E-state index in [1.54, 1.807) is 0 Å². The van der Waals surface area contributed by atoms with Crippen LogP contribution in [-0.4, -0.2) is 35.5 Å². The number of hydrogen-bond acceptors (Lipinski definition) is 4. The number of rotatable bonds is 33. The highest BCUT2D eigenvalue weighted by molar-refractivity contribution is 5.69. The summed E-state index contributed by atoms with van der Waals surface area (Å²) in [4.78, 5) is 11.5. The van der Waals surface area contributed by atoms with Gasteiger partial charge in [-0.25, -0.2) is 0 Å². The lowest BCUT2D eigenvalue weighted by Gasteiger charge is -2.11. The average molecular weight is 591 g/mol. The molecular formula is C38H70O4. The van der Waals surface area contributed by atoms with E-state index in [9.17, 15) is 4.79 Å². The second kappa shape index (κ2) is 35.8. The molecule has 0 saturated heterocycles. The smallest absolute Gasteiger partial charge is 0.306 e. The van der Waals surface area contributed by atoms with Gasteiger partial charge in [-0.05, 0) is 19.3 Å². The first-order valence-electron chi connectivity index (χ1n) is 18.1. The second-order valence-corrected chi connectivity index (χ2v) is 12.2. The summed E-state index contributed by atoms with van der Waals surface area (Å²) >= 11 is 0. The lowest BCUT2D eigenvalue weighted by molar-refractivity contribution is -0.153. The van der Waals surface area contributed by atoms with Gasteiger partial charge in [-0.2, -0.15) is 0 Å². The maximum Gasteiger partial charge on any atom is 0.306 e. The third-order valence-corrected chi connectivity index (χ3v) is 8.05. The van der Waals surface area contributed by atoms with Gasteiger partial charge >= 0.3 is 5.97 Å². The van der Waals surface area contributed by atoms with Gasteiger partial charge in [0, 0.05) is 6.42 Å². The number of ether oxygens (including phenoxy) is 1. The van der Waals surface area contributed by atoms with Crippen molar-refractivity contribution >= 4 is 5.97 Å². The highest BCUT2D eigenvalue weighted by Crippen LogP contribution is 2.16. The van der Waals surface area contributed by atoms with Gasteiger partial charge in [0.15, 0.2) is 0 Å². The molecule has 0 atom stereocenters. The van der Waals surface area contributed by atoms with E-state index in [1.807, 2.05) is 24.3 Å². The van der Waals surface area contributed by atoms with Crippen LogP contribution in [0.4, 0.5) is 0 Å². The number of aliphatic hydroxyl groups excluding tert-OH is 2. The second-order valence-electron chi connectivity index (χ2n) is 12.2. The summed E-state index contributed by atoms with van der Waals surface area (Å²) in [5, 5.41) is 17.8. The van der Waals surface area contributed by atoms with Gasteiger partial charge in [0.05, 0.1) is 13.2 Å². The molecule has 0 amide bonds. The molecule has 0 rings (SSSR count). The van der Waals surface area contributed by atoms with E-state index in [1.165, 1.54) is 154 Å². The molecule has 2 N–H and O–H groups in total. The minimum atomic E-state index is -0.810. The van der Waals surface area contributed by atoms with E-state index < -0.39 is 12.1 Å². The topological polar surface area (TPSA) is 66.8 Å². The number of allylic oxidation sites excluding steroid dienone is 6. The third-order valence-electron chi connectivity index (χ3n) is 8.05. The molecule has 0 fully saturated rings. The van der Waals surface area contributed by atoms with Crippen molar-refractivity contribution in [2.75, 3.05) is 13.2 Å². The summed E-state index contributed by atoms with van der Waals surface area (Å²) in [7, 11) is 0. The number of carbonyl (C=O) groups excluding carboxylic acids is 1. The van der Waals surface area contributed by atoms with E-state index >= 15 is 0 Å². The summed E-state index contributed by atoms with van der Waals surface area (Å²) in [5.74, 6) is -0.401. The molecule has 0 aromatic heterocycles. The van der Waals surface area contributed by atoms with E-state index in [0.29, 0.717) is 6.42 Å². The molecule has 0 spiro atoms. The van der Waals surface area contributed by atoms with Crippen molar-refractivity contribution in [3.63, 3.8) is 0 Å². The van der Waals surface area contributed by atoms with Crippen LogP contribution in [0.25, 0.3) is 0 Å². The van der Waals surface area contributed by atoms with Crippen LogP contribution >= 0.6 is 0 Å². The Kier molecular flexibility index (Phi) is 34.6. The number of unbranched alkanes of at least 4 members (excludes halogenated alkanes) is 24. The molecule has 4 nitrogen and oxygen atoms in total. The number of aliphatic hydroxyl groups is 2. The fraction of sp³-hybridized carbons (Fsp3) is 0.816. The number of hydrogen-bond donors (Lipinski definition) is 2. The van der Waals surface area contributed by atoms with Crippen LogP contribution < -0.4 is 0 Å². The van der Waals surface area contributed by atoms with Crippen LogP contribution in [0.2, 0.25) is 0 Å². The normalized spacial score (nSPS) is 12.1. The summed E-state index contributed by atoms with van der Waals surface area (Å²) in [6.07, 6.45) is 47.6. The molecule has 42 heavy (non-hydrogen) atoms. The van der Waals surface area contributed by atoms with Crippen LogP contribution in [0, 0.1) is 0 Å². The SMILES string of the molecule is CCCCCCCCCCCCCCCCCCCCCCCCCCC=CC=CC=CCCC(=O)OC(CO)CO. The van der Waals surface area contributed by atoms with Gasteiger partial charge in [-0.1, -0.05) is 191 Å². The van der Waals surface area contributed by atoms with Gasteiger partial charge in [0.2, 0.25) is 0 Å². The summed E-state index contributed by atoms with van der Waals surface area (Å²) in [6.45, 7) is 1.59. The predicted molar refractivity (Wildman–Crippen MR) is 182 cm³/mol. The Bertz CT molecular complexity index is 621. The first-order valence-corrected chi connectivity index (χ1v) is 18.1. The molecule has 0 aliphatic carbocycles. The van der Waals surface area contributed by atoms with Crippen molar-refractivity contribution in [3.05, 3.63) is 36.5 Å². The molecule has 0 radical (unpaired) electrons. The van der Waals surface area contributed by atoms with E-state index in [2.05, 4.69) is 19.1 Å².